The first-order valence-corrected chi connectivity index (χ1v) is 8.33. The number of aromatic amines is 1. The Bertz CT molecular complexity index is 758. The molecule has 24 heavy (non-hydrogen) atoms. The summed E-state index contributed by atoms with van der Waals surface area (Å²) in [5.41, 5.74) is 1.16. The van der Waals surface area contributed by atoms with Gasteiger partial charge in [-0.1, -0.05) is 0 Å². The van der Waals surface area contributed by atoms with Gasteiger partial charge in [-0.15, -0.1) is 10.2 Å². The SMILES string of the molecule is Cn1c(Cn2ccnc2)nnc1[C@H]1CCCN(Cc2cnc[nH]2)C1. The number of rotatable bonds is 5. The fraction of sp³-hybridized carbons (Fsp3) is 0.500. The largest absolute Gasteiger partial charge is 0.347 e. The van der Waals surface area contributed by atoms with E-state index in [1.54, 1.807) is 18.9 Å². The van der Waals surface area contributed by atoms with E-state index in [4.69, 9.17) is 0 Å². The van der Waals surface area contributed by atoms with Gasteiger partial charge < -0.3 is 14.1 Å². The van der Waals surface area contributed by atoms with Crippen LogP contribution < -0.4 is 0 Å². The van der Waals surface area contributed by atoms with Crippen molar-refractivity contribution in [1.29, 1.82) is 0 Å². The van der Waals surface area contributed by atoms with Crippen LogP contribution in [0, 0.1) is 0 Å². The summed E-state index contributed by atoms with van der Waals surface area (Å²) in [5, 5.41) is 8.88. The van der Waals surface area contributed by atoms with Crippen molar-refractivity contribution in [3.63, 3.8) is 0 Å². The molecule has 0 bridgehead atoms. The van der Waals surface area contributed by atoms with Gasteiger partial charge in [-0.05, 0) is 19.4 Å². The Labute approximate surface area is 140 Å². The van der Waals surface area contributed by atoms with Crippen molar-refractivity contribution in [2.75, 3.05) is 13.1 Å². The maximum Gasteiger partial charge on any atom is 0.152 e. The Hall–Kier alpha value is -2.48. The topological polar surface area (TPSA) is 80.4 Å². The molecular formula is C16H22N8. The highest BCUT2D eigenvalue weighted by Crippen LogP contribution is 2.26. The molecule has 1 aliphatic heterocycles. The van der Waals surface area contributed by atoms with E-state index in [2.05, 4.69) is 41.7 Å². The van der Waals surface area contributed by atoms with E-state index in [9.17, 15) is 0 Å². The number of nitrogens with one attached hydrogen (secondary N) is 1. The van der Waals surface area contributed by atoms with E-state index in [0.29, 0.717) is 12.5 Å². The van der Waals surface area contributed by atoms with Crippen molar-refractivity contribution in [2.45, 2.75) is 31.8 Å². The third-order valence-corrected chi connectivity index (χ3v) is 4.70. The van der Waals surface area contributed by atoms with Gasteiger partial charge in [0.25, 0.3) is 0 Å². The van der Waals surface area contributed by atoms with E-state index in [1.807, 2.05) is 17.0 Å². The Balaban J connectivity index is 1.46. The molecule has 4 rings (SSSR count). The van der Waals surface area contributed by atoms with Gasteiger partial charge in [-0.3, -0.25) is 4.90 Å². The summed E-state index contributed by atoms with van der Waals surface area (Å²) >= 11 is 0. The van der Waals surface area contributed by atoms with E-state index < -0.39 is 0 Å². The molecule has 0 saturated carbocycles. The molecule has 3 aromatic heterocycles. The standard InChI is InChI=1S/C16H22N8/c1-22-15(10-24-6-4-17-12-24)20-21-16(22)13-3-2-5-23(8-13)9-14-7-18-11-19-14/h4,6-7,11-13H,2-3,5,8-10H2,1H3,(H,18,19)/t13-/m0/s1. The van der Waals surface area contributed by atoms with Crippen LogP contribution in [-0.4, -0.2) is 52.3 Å². The molecule has 1 atom stereocenters. The second-order valence-electron chi connectivity index (χ2n) is 6.42. The molecule has 1 fully saturated rings. The first-order valence-electron chi connectivity index (χ1n) is 8.33. The highest BCUT2D eigenvalue weighted by molar-refractivity contribution is 5.05. The number of hydrogen-bond donors (Lipinski definition) is 1. The third kappa shape index (κ3) is 3.09. The lowest BCUT2D eigenvalue weighted by Gasteiger charge is -2.31. The summed E-state index contributed by atoms with van der Waals surface area (Å²) < 4.78 is 4.16. The van der Waals surface area contributed by atoms with Crippen LogP contribution in [0.4, 0.5) is 0 Å². The van der Waals surface area contributed by atoms with Gasteiger partial charge in [-0.25, -0.2) is 9.97 Å². The summed E-state index contributed by atoms with van der Waals surface area (Å²) in [6, 6.07) is 0. The van der Waals surface area contributed by atoms with Crippen LogP contribution in [0.2, 0.25) is 0 Å². The molecule has 1 N–H and O–H groups in total. The molecule has 1 saturated heterocycles. The fourth-order valence-electron chi connectivity index (χ4n) is 3.43. The van der Waals surface area contributed by atoms with Gasteiger partial charge in [0.15, 0.2) is 5.82 Å². The lowest BCUT2D eigenvalue weighted by atomic mass is 9.97. The van der Waals surface area contributed by atoms with Gasteiger partial charge in [-0.2, -0.15) is 0 Å². The summed E-state index contributed by atoms with van der Waals surface area (Å²) in [6.45, 7) is 3.75. The van der Waals surface area contributed by atoms with E-state index in [1.165, 1.54) is 6.42 Å². The predicted octanol–water partition coefficient (Wildman–Crippen LogP) is 1.16. The molecule has 4 heterocycles. The van der Waals surface area contributed by atoms with E-state index >= 15 is 0 Å². The highest BCUT2D eigenvalue weighted by Gasteiger charge is 2.26. The molecule has 1 aliphatic rings. The quantitative estimate of drug-likeness (QED) is 0.761. The van der Waals surface area contributed by atoms with Crippen molar-refractivity contribution < 1.29 is 0 Å². The molecule has 126 valence electrons. The number of likely N-dealkylation sites (tertiary alicyclic amines) is 1. The first kappa shape index (κ1) is 15.1. The van der Waals surface area contributed by atoms with Gasteiger partial charge in [0.05, 0.1) is 19.2 Å². The number of H-pyrrole nitrogens is 1. The monoisotopic (exact) mass is 326 g/mol. The van der Waals surface area contributed by atoms with Gasteiger partial charge >= 0.3 is 0 Å². The van der Waals surface area contributed by atoms with Crippen LogP contribution in [0.15, 0.2) is 31.2 Å². The van der Waals surface area contributed by atoms with Crippen LogP contribution in [0.25, 0.3) is 0 Å². The summed E-state index contributed by atoms with van der Waals surface area (Å²) in [7, 11) is 2.06. The average molecular weight is 326 g/mol. The molecule has 3 aromatic rings. The molecule has 8 nitrogen and oxygen atoms in total. The molecular weight excluding hydrogens is 304 g/mol. The normalized spacial score (nSPS) is 19.0. The molecule has 0 spiro atoms. The molecule has 0 aliphatic carbocycles. The predicted molar refractivity (Wildman–Crippen MR) is 88.2 cm³/mol. The lowest BCUT2D eigenvalue weighted by Crippen LogP contribution is -2.35. The average Bonchev–Trinajstić information content (AvgIpc) is 3.33. The Morgan fingerprint density at radius 2 is 2.21 bits per heavy atom. The zero-order valence-corrected chi connectivity index (χ0v) is 13.8. The maximum absolute atomic E-state index is 4.48. The van der Waals surface area contributed by atoms with Crippen LogP contribution in [0.3, 0.4) is 0 Å². The zero-order valence-electron chi connectivity index (χ0n) is 13.8. The number of piperidine rings is 1. The maximum atomic E-state index is 4.48. The van der Waals surface area contributed by atoms with Crippen LogP contribution in [0.5, 0.6) is 0 Å². The Morgan fingerprint density at radius 1 is 1.25 bits per heavy atom. The number of imidazole rings is 2. The Morgan fingerprint density at radius 3 is 3.00 bits per heavy atom. The summed E-state index contributed by atoms with van der Waals surface area (Å²) in [6.07, 6.45) is 11.5. The smallest absolute Gasteiger partial charge is 0.152 e. The van der Waals surface area contributed by atoms with Crippen LogP contribution >= 0.6 is 0 Å². The van der Waals surface area contributed by atoms with Crippen LogP contribution in [0.1, 0.15) is 36.1 Å². The highest BCUT2D eigenvalue weighted by atomic mass is 15.3. The summed E-state index contributed by atoms with van der Waals surface area (Å²) in [4.78, 5) is 13.8. The van der Waals surface area contributed by atoms with Crippen molar-refractivity contribution in [3.8, 4) is 0 Å². The van der Waals surface area contributed by atoms with Crippen molar-refractivity contribution in [3.05, 3.63) is 48.6 Å². The van der Waals surface area contributed by atoms with E-state index in [0.717, 1.165) is 43.4 Å². The van der Waals surface area contributed by atoms with Crippen molar-refractivity contribution in [2.24, 2.45) is 7.05 Å². The minimum absolute atomic E-state index is 0.427. The number of nitrogens with zero attached hydrogens (tertiary/aromatic N) is 7. The summed E-state index contributed by atoms with van der Waals surface area (Å²) in [5.74, 6) is 2.48. The van der Waals surface area contributed by atoms with Crippen molar-refractivity contribution >= 4 is 0 Å². The number of hydrogen-bond acceptors (Lipinski definition) is 5. The fourth-order valence-corrected chi connectivity index (χ4v) is 3.43. The lowest BCUT2D eigenvalue weighted by molar-refractivity contribution is 0.193. The number of aromatic nitrogens is 7. The zero-order chi connectivity index (χ0) is 16.4. The van der Waals surface area contributed by atoms with E-state index in [-0.39, 0.29) is 0 Å². The van der Waals surface area contributed by atoms with Gasteiger partial charge in [0.1, 0.15) is 5.82 Å². The molecule has 0 amide bonds. The third-order valence-electron chi connectivity index (χ3n) is 4.70. The minimum atomic E-state index is 0.427. The van der Waals surface area contributed by atoms with Gasteiger partial charge in [0, 0.05) is 50.3 Å². The van der Waals surface area contributed by atoms with Crippen molar-refractivity contribution in [1.82, 2.24) is 39.2 Å². The minimum Gasteiger partial charge on any atom is -0.347 e. The Kier molecular flexibility index (Phi) is 4.12. The second-order valence-corrected chi connectivity index (χ2v) is 6.42. The first-order chi connectivity index (χ1) is 11.8. The van der Waals surface area contributed by atoms with Gasteiger partial charge in [0.2, 0.25) is 0 Å². The molecule has 0 radical (unpaired) electrons. The second kappa shape index (κ2) is 6.56. The molecule has 8 heteroatoms. The molecule has 0 unspecified atom stereocenters. The molecule has 0 aromatic carbocycles. The van der Waals surface area contributed by atoms with Crippen LogP contribution in [-0.2, 0) is 20.1 Å².